The third kappa shape index (κ3) is 2.16. The van der Waals surface area contributed by atoms with Gasteiger partial charge in [-0.1, -0.05) is 6.07 Å². The molecular formula is C24H30N2O5. The molecule has 6 unspecified atom stereocenters. The molecule has 1 aromatic carbocycles. The fraction of sp³-hybridized carbons (Fsp3) is 0.708. The predicted octanol–water partition coefficient (Wildman–Crippen LogP) is 1.42. The zero-order chi connectivity index (χ0) is 21.0. The normalized spacial score (nSPS) is 44.4. The summed E-state index contributed by atoms with van der Waals surface area (Å²) >= 11 is 0. The fourth-order valence-electron chi connectivity index (χ4n) is 7.52. The van der Waals surface area contributed by atoms with Crippen molar-refractivity contribution in [3.8, 4) is 11.5 Å². The molecule has 3 aliphatic heterocycles. The minimum Gasteiger partial charge on any atom is -0.493 e. The molecule has 166 valence electrons. The lowest BCUT2D eigenvalue weighted by Crippen LogP contribution is -2.79. The first-order valence-corrected chi connectivity index (χ1v) is 11.7. The van der Waals surface area contributed by atoms with E-state index >= 15 is 0 Å². The summed E-state index contributed by atoms with van der Waals surface area (Å²) in [6, 6.07) is 4.25. The highest BCUT2D eigenvalue weighted by atomic mass is 16.6. The molecule has 7 rings (SSSR count). The van der Waals surface area contributed by atoms with Crippen LogP contribution in [0.3, 0.4) is 0 Å². The van der Waals surface area contributed by atoms with Crippen LogP contribution in [0.25, 0.3) is 0 Å². The molecule has 6 aliphatic rings. The molecule has 3 fully saturated rings. The molecule has 2 saturated carbocycles. The highest BCUT2D eigenvalue weighted by Crippen LogP contribution is 2.67. The number of piperidine rings is 1. The summed E-state index contributed by atoms with van der Waals surface area (Å²) < 4.78 is 18.8. The van der Waals surface area contributed by atoms with Gasteiger partial charge in [-0.2, -0.15) is 0 Å². The molecule has 3 heterocycles. The van der Waals surface area contributed by atoms with E-state index < -0.39 is 22.8 Å². The Balaban J connectivity index is 1.42. The molecule has 2 spiro atoms. The summed E-state index contributed by atoms with van der Waals surface area (Å²) in [7, 11) is 1.67. The number of hydrogen-bond donors (Lipinski definition) is 2. The predicted molar refractivity (Wildman–Crippen MR) is 113 cm³/mol. The van der Waals surface area contributed by atoms with Gasteiger partial charge in [-0.25, -0.2) is 0 Å². The Morgan fingerprint density at radius 2 is 2.13 bits per heavy atom. The van der Waals surface area contributed by atoms with E-state index in [0.29, 0.717) is 18.6 Å². The molecule has 7 nitrogen and oxygen atoms in total. The zero-order valence-electron chi connectivity index (χ0n) is 17.9. The van der Waals surface area contributed by atoms with Gasteiger partial charge in [0.15, 0.2) is 17.7 Å². The van der Waals surface area contributed by atoms with Crippen molar-refractivity contribution in [2.75, 3.05) is 26.8 Å². The van der Waals surface area contributed by atoms with Crippen LogP contribution in [0.5, 0.6) is 11.5 Å². The molecule has 2 N–H and O–H groups in total. The summed E-state index contributed by atoms with van der Waals surface area (Å²) in [5, 5.41) is 22.2. The number of benzene rings is 1. The second-order valence-electron chi connectivity index (χ2n) is 10.4. The van der Waals surface area contributed by atoms with Gasteiger partial charge in [0.1, 0.15) is 11.7 Å². The number of ether oxygens (including phenoxy) is 3. The Labute approximate surface area is 182 Å². The van der Waals surface area contributed by atoms with Crippen LogP contribution < -0.4 is 9.47 Å². The van der Waals surface area contributed by atoms with Crippen molar-refractivity contribution in [1.29, 1.82) is 0 Å². The maximum absolute atomic E-state index is 12.5. The van der Waals surface area contributed by atoms with Gasteiger partial charge in [0.2, 0.25) is 0 Å². The van der Waals surface area contributed by atoms with Gasteiger partial charge in [0.05, 0.1) is 24.7 Å². The number of aliphatic hydroxyl groups is 2. The number of methoxy groups -OCH3 is 1. The Hall–Kier alpha value is -1.67. The SMILES string of the molecule is COc1ccc2c3c1OC1C4(C=NC(CO)O4)CCC4(O)C(C2)N(CC2CC2)CCC314. The van der Waals surface area contributed by atoms with Crippen molar-refractivity contribution >= 4 is 6.21 Å². The molecular weight excluding hydrogens is 396 g/mol. The molecule has 3 aliphatic carbocycles. The average molecular weight is 427 g/mol. The Bertz CT molecular complexity index is 979. The second kappa shape index (κ2) is 6.01. The van der Waals surface area contributed by atoms with Gasteiger partial charge in [-0.15, -0.1) is 0 Å². The third-order valence-electron chi connectivity index (χ3n) is 9.03. The first-order chi connectivity index (χ1) is 15.0. The number of hydrogen-bond acceptors (Lipinski definition) is 7. The van der Waals surface area contributed by atoms with Crippen molar-refractivity contribution in [3.05, 3.63) is 23.3 Å². The molecule has 0 radical (unpaired) electrons. The quantitative estimate of drug-likeness (QED) is 0.758. The van der Waals surface area contributed by atoms with E-state index in [9.17, 15) is 10.2 Å². The first-order valence-electron chi connectivity index (χ1n) is 11.7. The third-order valence-corrected chi connectivity index (χ3v) is 9.03. The zero-order valence-corrected chi connectivity index (χ0v) is 17.9. The molecule has 1 aromatic rings. The summed E-state index contributed by atoms with van der Waals surface area (Å²) in [4.78, 5) is 7.01. The van der Waals surface area contributed by atoms with Crippen molar-refractivity contribution < 1.29 is 24.4 Å². The van der Waals surface area contributed by atoms with E-state index in [1.165, 1.54) is 18.4 Å². The summed E-state index contributed by atoms with van der Waals surface area (Å²) in [5.74, 6) is 2.27. The fourth-order valence-corrected chi connectivity index (χ4v) is 7.52. The monoisotopic (exact) mass is 426 g/mol. The average Bonchev–Trinajstić information content (AvgIpc) is 3.37. The van der Waals surface area contributed by atoms with Crippen LogP contribution in [0.2, 0.25) is 0 Å². The van der Waals surface area contributed by atoms with E-state index in [1.807, 2.05) is 12.3 Å². The van der Waals surface area contributed by atoms with Crippen LogP contribution in [-0.4, -0.2) is 77.7 Å². The molecule has 2 bridgehead atoms. The number of aliphatic imine (C=N–C) groups is 1. The number of rotatable bonds is 4. The topological polar surface area (TPSA) is 83.8 Å². The molecule has 7 heteroatoms. The standard InChI is InChI=1S/C24H30N2O5/c1-29-16-5-4-15-10-17-24(28)7-6-22(13-25-18(12-27)31-22)21-23(24,19(15)20(16)30-21)8-9-26(17)11-14-2-3-14/h4-5,13-14,17-18,21,27-28H,2-3,6-12H2,1H3. The second-order valence-corrected chi connectivity index (χ2v) is 10.4. The lowest BCUT2D eigenvalue weighted by atomic mass is 9.46. The summed E-state index contributed by atoms with van der Waals surface area (Å²) in [5.41, 5.74) is 0.227. The van der Waals surface area contributed by atoms with Crippen LogP contribution in [-0.2, 0) is 16.6 Å². The highest BCUT2D eigenvalue weighted by Gasteiger charge is 2.76. The van der Waals surface area contributed by atoms with Crippen molar-refractivity contribution in [3.63, 3.8) is 0 Å². The van der Waals surface area contributed by atoms with Crippen molar-refractivity contribution in [2.24, 2.45) is 10.9 Å². The lowest BCUT2D eigenvalue weighted by molar-refractivity contribution is -0.232. The lowest BCUT2D eigenvalue weighted by Gasteiger charge is -2.65. The van der Waals surface area contributed by atoms with E-state index in [4.69, 9.17) is 14.2 Å². The Kier molecular flexibility index (Phi) is 3.66. The molecule has 0 amide bonds. The van der Waals surface area contributed by atoms with Crippen LogP contribution in [0, 0.1) is 5.92 Å². The maximum atomic E-state index is 12.5. The van der Waals surface area contributed by atoms with E-state index in [2.05, 4.69) is 16.0 Å². The van der Waals surface area contributed by atoms with Crippen LogP contribution in [0.4, 0.5) is 0 Å². The largest absolute Gasteiger partial charge is 0.493 e. The van der Waals surface area contributed by atoms with Crippen LogP contribution >= 0.6 is 0 Å². The smallest absolute Gasteiger partial charge is 0.172 e. The van der Waals surface area contributed by atoms with Crippen LogP contribution in [0.15, 0.2) is 17.1 Å². The van der Waals surface area contributed by atoms with Gasteiger partial charge >= 0.3 is 0 Å². The first kappa shape index (κ1) is 18.9. The van der Waals surface area contributed by atoms with Gasteiger partial charge in [0.25, 0.3) is 0 Å². The van der Waals surface area contributed by atoms with Gasteiger partial charge in [0, 0.05) is 24.4 Å². The van der Waals surface area contributed by atoms with Gasteiger partial charge in [-0.05, 0) is 62.6 Å². The molecule has 6 atom stereocenters. The number of aliphatic hydroxyl groups excluding tert-OH is 1. The van der Waals surface area contributed by atoms with Gasteiger partial charge < -0.3 is 24.4 Å². The van der Waals surface area contributed by atoms with E-state index in [0.717, 1.165) is 43.2 Å². The summed E-state index contributed by atoms with van der Waals surface area (Å²) in [6.45, 7) is 1.89. The van der Waals surface area contributed by atoms with Crippen LogP contribution in [0.1, 0.15) is 43.2 Å². The number of fused-ring (bicyclic) bond motifs is 1. The number of nitrogens with zero attached hydrogens (tertiary/aromatic N) is 2. The van der Waals surface area contributed by atoms with Crippen molar-refractivity contribution in [1.82, 2.24) is 4.90 Å². The minimum atomic E-state index is -0.880. The molecule has 0 aromatic heterocycles. The Morgan fingerprint density at radius 1 is 1.26 bits per heavy atom. The molecule has 1 saturated heterocycles. The number of likely N-dealkylation sites (tertiary alicyclic amines) is 1. The maximum Gasteiger partial charge on any atom is 0.172 e. The highest BCUT2D eigenvalue weighted by molar-refractivity contribution is 5.76. The minimum absolute atomic E-state index is 0.0872. The Morgan fingerprint density at radius 3 is 2.87 bits per heavy atom. The van der Waals surface area contributed by atoms with E-state index in [-0.39, 0.29) is 18.8 Å². The molecule has 31 heavy (non-hydrogen) atoms. The van der Waals surface area contributed by atoms with E-state index in [1.54, 1.807) is 7.11 Å². The summed E-state index contributed by atoms with van der Waals surface area (Å²) in [6.07, 6.45) is 6.47. The van der Waals surface area contributed by atoms with Gasteiger partial charge in [-0.3, -0.25) is 9.89 Å². The van der Waals surface area contributed by atoms with Crippen molar-refractivity contribution in [2.45, 2.75) is 73.5 Å².